The van der Waals surface area contributed by atoms with E-state index in [0.29, 0.717) is 41.8 Å². The van der Waals surface area contributed by atoms with Crippen molar-refractivity contribution in [1.29, 1.82) is 0 Å². The molecule has 8 heteroatoms. The van der Waals surface area contributed by atoms with Crippen LogP contribution in [0.25, 0.3) is 0 Å². The fourth-order valence-corrected chi connectivity index (χ4v) is 3.69. The molecule has 0 fully saturated rings. The van der Waals surface area contributed by atoms with Crippen molar-refractivity contribution < 1.29 is 30.6 Å². The van der Waals surface area contributed by atoms with E-state index < -0.39 is 12.2 Å². The maximum absolute atomic E-state index is 10.5. The highest BCUT2D eigenvalue weighted by molar-refractivity contribution is 5.51. The van der Waals surface area contributed by atoms with E-state index in [2.05, 4.69) is 10.6 Å². The van der Waals surface area contributed by atoms with Gasteiger partial charge in [-0.3, -0.25) is 0 Å². The topological polar surface area (TPSA) is 145 Å². The number of anilines is 1. The highest BCUT2D eigenvalue weighted by Crippen LogP contribution is 2.24. The average molecular weight is 469 g/mol. The van der Waals surface area contributed by atoms with Gasteiger partial charge in [-0.25, -0.2) is 0 Å². The Morgan fingerprint density at radius 2 is 1.24 bits per heavy atom. The molecule has 0 spiro atoms. The number of aliphatic hydroxyl groups is 4. The predicted octanol–water partition coefficient (Wildman–Crippen LogP) is 2.09. The van der Waals surface area contributed by atoms with E-state index >= 15 is 0 Å². The number of nitrogens with one attached hydrogen (secondary N) is 2. The minimum Gasteiger partial charge on any atom is -0.508 e. The number of rotatable bonds is 12. The average Bonchev–Trinajstić information content (AvgIpc) is 2.86. The second kappa shape index (κ2) is 12.4. The first-order valence-corrected chi connectivity index (χ1v) is 11.2. The van der Waals surface area contributed by atoms with E-state index in [4.69, 9.17) is 0 Å². The van der Waals surface area contributed by atoms with E-state index in [1.807, 2.05) is 24.3 Å². The minimum atomic E-state index is -0.818. The van der Waals surface area contributed by atoms with Crippen LogP contribution < -0.4 is 10.6 Å². The monoisotopic (exact) mass is 468 g/mol. The minimum absolute atomic E-state index is 0.000108. The molecular formula is C26H32N2O6. The molecule has 0 aromatic heterocycles. The van der Waals surface area contributed by atoms with Crippen molar-refractivity contribution in [1.82, 2.24) is 5.32 Å². The maximum atomic E-state index is 10.5. The number of benzene rings is 3. The first kappa shape index (κ1) is 25.5. The van der Waals surface area contributed by atoms with Crippen LogP contribution in [0.1, 0.15) is 40.0 Å². The van der Waals surface area contributed by atoms with E-state index in [1.54, 1.807) is 24.3 Å². The van der Waals surface area contributed by atoms with Crippen molar-refractivity contribution in [3.05, 3.63) is 88.5 Å². The zero-order chi connectivity index (χ0) is 24.5. The Morgan fingerprint density at radius 1 is 0.676 bits per heavy atom. The molecule has 3 rings (SSSR count). The fourth-order valence-electron chi connectivity index (χ4n) is 3.69. The molecule has 0 radical (unpaired) electrons. The van der Waals surface area contributed by atoms with Crippen LogP contribution in [0.2, 0.25) is 0 Å². The van der Waals surface area contributed by atoms with E-state index in [9.17, 15) is 30.6 Å². The molecule has 8 N–H and O–H groups in total. The quantitative estimate of drug-likeness (QED) is 0.189. The van der Waals surface area contributed by atoms with Gasteiger partial charge in [0.15, 0.2) is 0 Å². The molecule has 0 saturated heterocycles. The summed E-state index contributed by atoms with van der Waals surface area (Å²) < 4.78 is 0. The van der Waals surface area contributed by atoms with E-state index in [-0.39, 0.29) is 31.3 Å². The van der Waals surface area contributed by atoms with Gasteiger partial charge in [0.2, 0.25) is 0 Å². The van der Waals surface area contributed by atoms with Gasteiger partial charge in [-0.2, -0.15) is 0 Å². The SMILES string of the molecule is OCc1cc(C(O)CNCCc2ccccc2NCC(O)c2ccc(O)c(CO)c2)ccc1O. The predicted molar refractivity (Wildman–Crippen MR) is 129 cm³/mol. The van der Waals surface area contributed by atoms with Crippen molar-refractivity contribution in [3.63, 3.8) is 0 Å². The van der Waals surface area contributed by atoms with Gasteiger partial charge in [-0.05, 0) is 60.0 Å². The zero-order valence-electron chi connectivity index (χ0n) is 18.9. The molecule has 3 aromatic rings. The van der Waals surface area contributed by atoms with Crippen LogP contribution in [0.4, 0.5) is 5.69 Å². The molecule has 0 saturated carbocycles. The lowest BCUT2D eigenvalue weighted by atomic mass is 10.0. The van der Waals surface area contributed by atoms with Crippen molar-refractivity contribution in [2.45, 2.75) is 31.8 Å². The van der Waals surface area contributed by atoms with Crippen molar-refractivity contribution >= 4 is 5.69 Å². The van der Waals surface area contributed by atoms with Gasteiger partial charge >= 0.3 is 0 Å². The van der Waals surface area contributed by atoms with Crippen LogP contribution in [0, 0.1) is 0 Å². The number of hydrogen-bond donors (Lipinski definition) is 8. The van der Waals surface area contributed by atoms with E-state index in [1.165, 1.54) is 12.1 Å². The van der Waals surface area contributed by atoms with Gasteiger partial charge in [-0.1, -0.05) is 30.3 Å². The second-order valence-corrected chi connectivity index (χ2v) is 8.12. The molecular weight excluding hydrogens is 436 g/mol. The Hall–Kier alpha value is -3.14. The summed E-state index contributed by atoms with van der Waals surface area (Å²) in [5, 5.41) is 65.3. The Balaban J connectivity index is 1.51. The Kier molecular flexibility index (Phi) is 9.26. The molecule has 182 valence electrons. The van der Waals surface area contributed by atoms with Crippen LogP contribution >= 0.6 is 0 Å². The number of para-hydroxylation sites is 1. The van der Waals surface area contributed by atoms with Crippen LogP contribution in [0.3, 0.4) is 0 Å². The molecule has 0 bridgehead atoms. The molecule has 2 unspecified atom stereocenters. The summed E-state index contributed by atoms with van der Waals surface area (Å²) >= 11 is 0. The lowest BCUT2D eigenvalue weighted by molar-refractivity contribution is 0.174. The Morgan fingerprint density at radius 3 is 1.82 bits per heavy atom. The third-order valence-corrected chi connectivity index (χ3v) is 5.73. The standard InChI is InChI=1S/C26H32N2O6/c29-15-20-11-18(5-7-23(20)31)25(33)13-27-10-9-17-3-1-2-4-22(17)28-14-26(34)19-6-8-24(32)21(12-19)16-30/h1-8,11-12,25-34H,9-10,13-16H2. The summed E-state index contributed by atoms with van der Waals surface area (Å²) in [5.74, 6) is -0.00601. The zero-order valence-corrected chi connectivity index (χ0v) is 18.9. The van der Waals surface area contributed by atoms with Crippen molar-refractivity contribution in [2.24, 2.45) is 0 Å². The third-order valence-electron chi connectivity index (χ3n) is 5.73. The first-order valence-electron chi connectivity index (χ1n) is 11.2. The molecule has 0 aliphatic heterocycles. The van der Waals surface area contributed by atoms with Crippen LogP contribution in [0.5, 0.6) is 11.5 Å². The molecule has 34 heavy (non-hydrogen) atoms. The summed E-state index contributed by atoms with van der Waals surface area (Å²) in [5.41, 5.74) is 3.88. The summed E-state index contributed by atoms with van der Waals surface area (Å²) in [7, 11) is 0. The van der Waals surface area contributed by atoms with E-state index in [0.717, 1.165) is 11.3 Å². The van der Waals surface area contributed by atoms with Gasteiger partial charge in [0.1, 0.15) is 11.5 Å². The summed E-state index contributed by atoms with van der Waals surface area (Å²) in [6.45, 7) is 0.583. The molecule has 0 amide bonds. The van der Waals surface area contributed by atoms with Crippen molar-refractivity contribution in [3.8, 4) is 11.5 Å². The number of hydrogen-bond acceptors (Lipinski definition) is 8. The summed E-state index contributed by atoms with van der Waals surface area (Å²) in [6, 6.07) is 17.1. The summed E-state index contributed by atoms with van der Waals surface area (Å²) in [4.78, 5) is 0. The van der Waals surface area contributed by atoms with Crippen LogP contribution in [-0.2, 0) is 19.6 Å². The fraction of sp³-hybridized carbons (Fsp3) is 0.308. The number of phenols is 2. The number of aliphatic hydroxyl groups excluding tert-OH is 4. The molecule has 8 nitrogen and oxygen atoms in total. The van der Waals surface area contributed by atoms with Crippen LogP contribution in [0.15, 0.2) is 60.7 Å². The smallest absolute Gasteiger partial charge is 0.121 e. The van der Waals surface area contributed by atoms with Gasteiger partial charge in [0.25, 0.3) is 0 Å². The molecule has 0 aliphatic carbocycles. The lowest BCUT2D eigenvalue weighted by Gasteiger charge is -2.17. The Bertz CT molecular complexity index is 1070. The molecule has 3 aromatic carbocycles. The highest BCUT2D eigenvalue weighted by atomic mass is 16.3. The summed E-state index contributed by atoms with van der Waals surface area (Å²) in [6.07, 6.45) is -0.901. The molecule has 0 aliphatic rings. The normalized spacial score (nSPS) is 12.9. The second-order valence-electron chi connectivity index (χ2n) is 8.12. The number of aromatic hydroxyl groups is 2. The van der Waals surface area contributed by atoms with Gasteiger partial charge in [-0.15, -0.1) is 0 Å². The molecule has 0 heterocycles. The van der Waals surface area contributed by atoms with Gasteiger partial charge < -0.3 is 41.3 Å². The largest absolute Gasteiger partial charge is 0.508 e. The molecule has 2 atom stereocenters. The van der Waals surface area contributed by atoms with Gasteiger partial charge in [0.05, 0.1) is 25.4 Å². The first-order chi connectivity index (χ1) is 16.4. The van der Waals surface area contributed by atoms with Gasteiger partial charge in [0, 0.05) is 29.9 Å². The third kappa shape index (κ3) is 6.69. The van der Waals surface area contributed by atoms with Crippen LogP contribution in [-0.4, -0.2) is 50.3 Å². The Labute approximate surface area is 198 Å². The maximum Gasteiger partial charge on any atom is 0.121 e. The highest BCUT2D eigenvalue weighted by Gasteiger charge is 2.12. The van der Waals surface area contributed by atoms with Crippen molar-refractivity contribution in [2.75, 3.05) is 25.0 Å². The lowest BCUT2D eigenvalue weighted by Crippen LogP contribution is -2.24.